The van der Waals surface area contributed by atoms with Crippen LogP contribution in [0.3, 0.4) is 0 Å². The van der Waals surface area contributed by atoms with Gasteiger partial charge in [0.05, 0.1) is 0 Å². The Hall–Kier alpha value is -1.16. The number of ether oxygens (including phenoxy) is 1. The number of carbonyl (C=O) groups excluding carboxylic acids is 1. The Bertz CT molecular complexity index is 464. The van der Waals surface area contributed by atoms with E-state index in [2.05, 4.69) is 11.4 Å². The molecule has 1 amide bonds. The van der Waals surface area contributed by atoms with Crippen LogP contribution in [0.1, 0.15) is 43.2 Å². The second kappa shape index (κ2) is 9.09. The number of carbonyl (C=O) groups is 1. The van der Waals surface area contributed by atoms with Gasteiger partial charge in [0.15, 0.2) is 6.61 Å². The van der Waals surface area contributed by atoms with Gasteiger partial charge in [-0.3, -0.25) is 4.79 Å². The van der Waals surface area contributed by atoms with Crippen LogP contribution in [0.2, 0.25) is 0 Å². The third-order valence-electron chi connectivity index (χ3n) is 3.90. The molecular weight excluding hydrogens is 294 g/mol. The molecule has 0 heterocycles. The predicted octanol–water partition coefficient (Wildman–Crippen LogP) is 3.86. The molecule has 1 aliphatic carbocycles. The zero-order valence-electron chi connectivity index (χ0n) is 13.7. The molecule has 1 fully saturated rings. The molecule has 2 rings (SSSR count). The van der Waals surface area contributed by atoms with E-state index in [0.717, 1.165) is 34.4 Å². The fourth-order valence-corrected chi connectivity index (χ4v) is 4.08. The first-order valence-electron chi connectivity index (χ1n) is 8.23. The Morgan fingerprint density at radius 1 is 1.18 bits per heavy atom. The van der Waals surface area contributed by atoms with E-state index in [9.17, 15) is 4.79 Å². The molecule has 0 spiro atoms. The Morgan fingerprint density at radius 2 is 1.86 bits per heavy atom. The van der Waals surface area contributed by atoms with E-state index in [1.54, 1.807) is 0 Å². The second-order valence-electron chi connectivity index (χ2n) is 6.09. The Kier molecular flexibility index (Phi) is 7.10. The average Bonchev–Trinajstić information content (AvgIpc) is 2.50. The van der Waals surface area contributed by atoms with Crippen LogP contribution in [-0.2, 0) is 4.79 Å². The maximum atomic E-state index is 11.8. The van der Waals surface area contributed by atoms with Gasteiger partial charge in [-0.25, -0.2) is 0 Å². The van der Waals surface area contributed by atoms with Gasteiger partial charge >= 0.3 is 0 Å². The molecule has 0 bridgehead atoms. The molecule has 0 atom stereocenters. The van der Waals surface area contributed by atoms with Crippen LogP contribution in [0.5, 0.6) is 5.75 Å². The van der Waals surface area contributed by atoms with Gasteiger partial charge in [-0.1, -0.05) is 25.3 Å². The quantitative estimate of drug-likeness (QED) is 0.775. The van der Waals surface area contributed by atoms with Crippen LogP contribution in [0.25, 0.3) is 0 Å². The van der Waals surface area contributed by atoms with Gasteiger partial charge in [-0.05, 0) is 49.9 Å². The summed E-state index contributed by atoms with van der Waals surface area (Å²) in [4.78, 5) is 11.8. The fraction of sp³-hybridized carbons (Fsp3) is 0.611. The van der Waals surface area contributed by atoms with Crippen molar-refractivity contribution < 1.29 is 9.53 Å². The summed E-state index contributed by atoms with van der Waals surface area (Å²) in [5.74, 6) is 1.73. The molecule has 122 valence electrons. The molecule has 22 heavy (non-hydrogen) atoms. The van der Waals surface area contributed by atoms with Crippen LogP contribution >= 0.6 is 11.8 Å². The highest BCUT2D eigenvalue weighted by molar-refractivity contribution is 7.99. The Balaban J connectivity index is 1.59. The summed E-state index contributed by atoms with van der Waals surface area (Å²) < 4.78 is 5.56. The van der Waals surface area contributed by atoms with Crippen molar-refractivity contribution in [3.63, 3.8) is 0 Å². The summed E-state index contributed by atoms with van der Waals surface area (Å²) in [7, 11) is 0. The summed E-state index contributed by atoms with van der Waals surface area (Å²) in [6, 6.07) is 6.01. The van der Waals surface area contributed by atoms with E-state index >= 15 is 0 Å². The van der Waals surface area contributed by atoms with Gasteiger partial charge < -0.3 is 10.1 Å². The van der Waals surface area contributed by atoms with Gasteiger partial charge in [-0.2, -0.15) is 11.8 Å². The minimum atomic E-state index is -0.0385. The normalized spacial score (nSPS) is 15.5. The number of hydrogen-bond donors (Lipinski definition) is 1. The molecule has 0 saturated heterocycles. The first-order chi connectivity index (χ1) is 10.6. The Labute approximate surface area is 138 Å². The monoisotopic (exact) mass is 321 g/mol. The van der Waals surface area contributed by atoms with E-state index < -0.39 is 0 Å². The van der Waals surface area contributed by atoms with Crippen LogP contribution in [0.4, 0.5) is 0 Å². The van der Waals surface area contributed by atoms with Crippen molar-refractivity contribution in [1.82, 2.24) is 5.32 Å². The molecule has 1 aromatic carbocycles. The smallest absolute Gasteiger partial charge is 0.257 e. The third kappa shape index (κ3) is 6.30. The molecule has 1 N–H and O–H groups in total. The third-order valence-corrected chi connectivity index (χ3v) is 5.28. The van der Waals surface area contributed by atoms with Crippen LogP contribution in [0, 0.1) is 13.8 Å². The molecule has 0 aliphatic heterocycles. The lowest BCUT2D eigenvalue weighted by Crippen LogP contribution is -2.31. The molecule has 1 aliphatic rings. The molecule has 0 aromatic heterocycles. The van der Waals surface area contributed by atoms with Crippen molar-refractivity contribution in [2.45, 2.75) is 51.2 Å². The first kappa shape index (κ1) is 17.2. The molecule has 0 unspecified atom stereocenters. The van der Waals surface area contributed by atoms with E-state index in [1.165, 1.54) is 32.1 Å². The minimum Gasteiger partial charge on any atom is -0.484 e. The summed E-state index contributed by atoms with van der Waals surface area (Å²) in [5, 5.41) is 3.74. The molecular formula is C18H27NO2S. The van der Waals surface area contributed by atoms with E-state index in [-0.39, 0.29) is 12.5 Å². The van der Waals surface area contributed by atoms with E-state index in [0.29, 0.717) is 0 Å². The van der Waals surface area contributed by atoms with Gasteiger partial charge in [0, 0.05) is 17.5 Å². The highest BCUT2D eigenvalue weighted by Crippen LogP contribution is 2.27. The van der Waals surface area contributed by atoms with Gasteiger partial charge in [0.25, 0.3) is 5.91 Å². The molecule has 1 saturated carbocycles. The highest BCUT2D eigenvalue weighted by atomic mass is 32.2. The van der Waals surface area contributed by atoms with E-state index in [1.807, 2.05) is 37.7 Å². The van der Waals surface area contributed by atoms with Crippen molar-refractivity contribution in [2.24, 2.45) is 0 Å². The molecule has 4 heteroatoms. The molecule has 3 nitrogen and oxygen atoms in total. The lowest BCUT2D eigenvalue weighted by Gasteiger charge is -2.20. The van der Waals surface area contributed by atoms with Crippen molar-refractivity contribution in [3.8, 4) is 5.75 Å². The van der Waals surface area contributed by atoms with Crippen molar-refractivity contribution in [2.75, 3.05) is 18.9 Å². The minimum absolute atomic E-state index is 0.0385. The van der Waals surface area contributed by atoms with Crippen LogP contribution in [0.15, 0.2) is 18.2 Å². The average molecular weight is 321 g/mol. The first-order valence-corrected chi connectivity index (χ1v) is 9.28. The zero-order valence-corrected chi connectivity index (χ0v) is 14.5. The number of amides is 1. The number of rotatable bonds is 7. The maximum Gasteiger partial charge on any atom is 0.257 e. The highest BCUT2D eigenvalue weighted by Gasteiger charge is 2.13. The number of thioether (sulfide) groups is 1. The van der Waals surface area contributed by atoms with Gasteiger partial charge in [-0.15, -0.1) is 0 Å². The van der Waals surface area contributed by atoms with Crippen LogP contribution in [-0.4, -0.2) is 30.1 Å². The second-order valence-corrected chi connectivity index (χ2v) is 7.50. The number of aryl methyl sites for hydroxylation is 2. The molecule has 0 radical (unpaired) electrons. The molecule has 1 aromatic rings. The topological polar surface area (TPSA) is 38.3 Å². The summed E-state index contributed by atoms with van der Waals surface area (Å²) >= 11 is 2.00. The van der Waals surface area contributed by atoms with E-state index in [4.69, 9.17) is 4.74 Å². The van der Waals surface area contributed by atoms with Gasteiger partial charge in [0.2, 0.25) is 0 Å². The lowest BCUT2D eigenvalue weighted by atomic mass is 10.0. The standard InChI is InChI=1S/C18H27NO2S/c1-14-10-15(2)12-16(11-14)21-13-18(20)19-8-9-22-17-6-4-3-5-7-17/h10-12,17H,3-9,13H2,1-2H3,(H,19,20). The predicted molar refractivity (Wildman–Crippen MR) is 93.8 cm³/mol. The van der Waals surface area contributed by atoms with Crippen LogP contribution < -0.4 is 10.1 Å². The van der Waals surface area contributed by atoms with Crippen molar-refractivity contribution in [1.29, 1.82) is 0 Å². The number of nitrogens with one attached hydrogen (secondary N) is 1. The van der Waals surface area contributed by atoms with Crippen molar-refractivity contribution in [3.05, 3.63) is 29.3 Å². The fourth-order valence-electron chi connectivity index (χ4n) is 2.86. The number of hydrogen-bond acceptors (Lipinski definition) is 3. The summed E-state index contributed by atoms with van der Waals surface area (Å²) in [6.45, 7) is 4.89. The lowest BCUT2D eigenvalue weighted by molar-refractivity contribution is -0.122. The number of benzene rings is 1. The largest absolute Gasteiger partial charge is 0.484 e. The summed E-state index contributed by atoms with van der Waals surface area (Å²) in [6.07, 6.45) is 6.81. The summed E-state index contributed by atoms with van der Waals surface area (Å²) in [5.41, 5.74) is 2.30. The van der Waals surface area contributed by atoms with Crippen molar-refractivity contribution >= 4 is 17.7 Å². The zero-order chi connectivity index (χ0) is 15.8. The van der Waals surface area contributed by atoms with Gasteiger partial charge in [0.1, 0.15) is 5.75 Å². The Morgan fingerprint density at radius 3 is 2.55 bits per heavy atom. The maximum absolute atomic E-state index is 11.8. The SMILES string of the molecule is Cc1cc(C)cc(OCC(=O)NCCSC2CCCCC2)c1.